The summed E-state index contributed by atoms with van der Waals surface area (Å²) >= 11 is 0. The SMILES string of the molecule is Cc1oc(C(=O)NN)cc1CN1CCCS(=O)(=O)CC1. The van der Waals surface area contributed by atoms with Gasteiger partial charge in [-0.3, -0.25) is 15.1 Å². The average Bonchev–Trinajstić information content (AvgIpc) is 2.66. The van der Waals surface area contributed by atoms with Crippen LogP contribution < -0.4 is 11.3 Å². The summed E-state index contributed by atoms with van der Waals surface area (Å²) in [4.78, 5) is 13.5. The number of sulfone groups is 1. The van der Waals surface area contributed by atoms with E-state index in [4.69, 9.17) is 10.3 Å². The molecule has 0 radical (unpaired) electrons. The molecule has 0 bridgehead atoms. The van der Waals surface area contributed by atoms with Crippen molar-refractivity contribution in [3.63, 3.8) is 0 Å². The van der Waals surface area contributed by atoms with Gasteiger partial charge in [-0.25, -0.2) is 14.3 Å². The van der Waals surface area contributed by atoms with Crippen molar-refractivity contribution < 1.29 is 17.6 Å². The molecule has 7 nitrogen and oxygen atoms in total. The molecule has 1 aliphatic heterocycles. The van der Waals surface area contributed by atoms with E-state index in [1.165, 1.54) is 0 Å². The molecule has 20 heavy (non-hydrogen) atoms. The normalized spacial score (nSPS) is 19.5. The Morgan fingerprint density at radius 2 is 2.20 bits per heavy atom. The van der Waals surface area contributed by atoms with Gasteiger partial charge < -0.3 is 4.42 Å². The van der Waals surface area contributed by atoms with E-state index in [1.54, 1.807) is 13.0 Å². The van der Waals surface area contributed by atoms with Crippen molar-refractivity contribution in [3.05, 3.63) is 23.2 Å². The van der Waals surface area contributed by atoms with Crippen LogP contribution in [0.25, 0.3) is 0 Å². The predicted octanol–water partition coefficient (Wildman–Crippen LogP) is -0.188. The van der Waals surface area contributed by atoms with E-state index in [9.17, 15) is 13.2 Å². The van der Waals surface area contributed by atoms with E-state index in [1.807, 2.05) is 5.43 Å². The molecule has 1 amide bonds. The van der Waals surface area contributed by atoms with Gasteiger partial charge in [-0.15, -0.1) is 0 Å². The zero-order valence-corrected chi connectivity index (χ0v) is 12.2. The lowest BCUT2D eigenvalue weighted by Gasteiger charge is -2.18. The number of carbonyl (C=O) groups is 1. The van der Waals surface area contributed by atoms with Crippen molar-refractivity contribution in [2.45, 2.75) is 19.9 Å². The van der Waals surface area contributed by atoms with Crippen LogP contribution in [0.3, 0.4) is 0 Å². The molecule has 0 spiro atoms. The van der Waals surface area contributed by atoms with Crippen molar-refractivity contribution in [1.82, 2.24) is 10.3 Å². The van der Waals surface area contributed by atoms with Crippen LogP contribution in [-0.4, -0.2) is 43.8 Å². The first kappa shape index (κ1) is 15.0. The van der Waals surface area contributed by atoms with Crippen LogP contribution in [0.4, 0.5) is 0 Å². The summed E-state index contributed by atoms with van der Waals surface area (Å²) < 4.78 is 28.5. The van der Waals surface area contributed by atoms with Crippen molar-refractivity contribution in [2.75, 3.05) is 24.6 Å². The summed E-state index contributed by atoms with van der Waals surface area (Å²) in [6.07, 6.45) is 0.634. The maximum absolute atomic E-state index is 11.6. The molecule has 3 N–H and O–H groups in total. The molecule has 0 atom stereocenters. The lowest BCUT2D eigenvalue weighted by Crippen LogP contribution is -2.29. The third kappa shape index (κ3) is 3.59. The summed E-state index contributed by atoms with van der Waals surface area (Å²) in [6.45, 7) is 3.58. The Labute approximate surface area is 118 Å². The van der Waals surface area contributed by atoms with Crippen molar-refractivity contribution >= 4 is 15.7 Å². The van der Waals surface area contributed by atoms with Crippen LogP contribution in [0, 0.1) is 6.92 Å². The van der Waals surface area contributed by atoms with Gasteiger partial charge >= 0.3 is 5.91 Å². The number of nitrogens with two attached hydrogens (primary N) is 1. The summed E-state index contributed by atoms with van der Waals surface area (Å²) in [6, 6.07) is 1.65. The highest BCUT2D eigenvalue weighted by Crippen LogP contribution is 2.18. The number of nitrogen functional groups attached to an aromatic ring is 1. The number of nitrogens with one attached hydrogen (secondary N) is 1. The number of hydrazine groups is 1. The van der Waals surface area contributed by atoms with E-state index in [-0.39, 0.29) is 17.3 Å². The zero-order valence-electron chi connectivity index (χ0n) is 11.4. The molecule has 1 aromatic heterocycles. The fourth-order valence-corrected chi connectivity index (χ4v) is 3.56. The van der Waals surface area contributed by atoms with E-state index in [0.29, 0.717) is 25.3 Å². The summed E-state index contributed by atoms with van der Waals surface area (Å²) in [5, 5.41) is 0. The monoisotopic (exact) mass is 301 g/mol. The van der Waals surface area contributed by atoms with Gasteiger partial charge in [-0.1, -0.05) is 0 Å². The number of hydrogen-bond donors (Lipinski definition) is 2. The summed E-state index contributed by atoms with van der Waals surface area (Å²) in [5.41, 5.74) is 2.90. The van der Waals surface area contributed by atoms with Crippen LogP contribution in [0.2, 0.25) is 0 Å². The molecule has 1 fully saturated rings. The number of aryl methyl sites for hydroxylation is 1. The maximum atomic E-state index is 11.6. The third-order valence-corrected chi connectivity index (χ3v) is 5.13. The van der Waals surface area contributed by atoms with E-state index in [2.05, 4.69) is 4.90 Å². The Bertz CT molecular complexity index is 594. The minimum atomic E-state index is -2.91. The van der Waals surface area contributed by atoms with Gasteiger partial charge in [0, 0.05) is 18.7 Å². The van der Waals surface area contributed by atoms with Crippen molar-refractivity contribution in [1.29, 1.82) is 0 Å². The molecule has 8 heteroatoms. The minimum absolute atomic E-state index is 0.169. The van der Waals surface area contributed by atoms with E-state index < -0.39 is 15.7 Å². The second kappa shape index (κ2) is 5.94. The Morgan fingerprint density at radius 3 is 2.90 bits per heavy atom. The molecule has 1 saturated heterocycles. The van der Waals surface area contributed by atoms with Gasteiger partial charge in [-0.05, 0) is 26.0 Å². The van der Waals surface area contributed by atoms with Gasteiger partial charge in [0.2, 0.25) is 0 Å². The van der Waals surface area contributed by atoms with Gasteiger partial charge in [0.05, 0.1) is 11.5 Å². The Morgan fingerprint density at radius 1 is 1.45 bits per heavy atom. The average molecular weight is 301 g/mol. The van der Waals surface area contributed by atoms with Crippen LogP contribution in [0.15, 0.2) is 10.5 Å². The highest BCUT2D eigenvalue weighted by atomic mass is 32.2. The van der Waals surface area contributed by atoms with E-state index >= 15 is 0 Å². The molecule has 2 heterocycles. The lowest BCUT2D eigenvalue weighted by molar-refractivity contribution is 0.0924. The number of rotatable bonds is 3. The predicted molar refractivity (Wildman–Crippen MR) is 73.6 cm³/mol. The number of nitrogens with zero attached hydrogens (tertiary/aromatic N) is 1. The standard InChI is InChI=1S/C12H19N3O4S/c1-9-10(7-11(19-9)12(16)14-13)8-15-3-2-5-20(17,18)6-4-15/h7H,2-6,8,13H2,1H3,(H,14,16). The molecule has 112 valence electrons. The Kier molecular flexibility index (Phi) is 4.46. The van der Waals surface area contributed by atoms with Gasteiger partial charge in [0.15, 0.2) is 15.6 Å². The highest BCUT2D eigenvalue weighted by molar-refractivity contribution is 7.91. The van der Waals surface area contributed by atoms with Crippen molar-refractivity contribution in [3.8, 4) is 0 Å². The second-order valence-corrected chi connectivity index (χ2v) is 7.25. The van der Waals surface area contributed by atoms with Crippen LogP contribution >= 0.6 is 0 Å². The second-order valence-electron chi connectivity index (χ2n) is 4.95. The Hall–Kier alpha value is -1.38. The molecular weight excluding hydrogens is 282 g/mol. The zero-order chi connectivity index (χ0) is 14.8. The molecule has 1 aliphatic rings. The maximum Gasteiger partial charge on any atom is 0.300 e. The number of furan rings is 1. The molecule has 2 rings (SSSR count). The molecule has 0 aromatic carbocycles. The smallest absolute Gasteiger partial charge is 0.300 e. The molecular formula is C12H19N3O4S. The largest absolute Gasteiger partial charge is 0.456 e. The van der Waals surface area contributed by atoms with Crippen LogP contribution in [0.1, 0.15) is 28.3 Å². The highest BCUT2D eigenvalue weighted by Gasteiger charge is 2.21. The fourth-order valence-electron chi connectivity index (χ4n) is 2.25. The minimum Gasteiger partial charge on any atom is -0.456 e. The number of hydrogen-bond acceptors (Lipinski definition) is 6. The van der Waals surface area contributed by atoms with Gasteiger partial charge in [0.1, 0.15) is 5.76 Å². The van der Waals surface area contributed by atoms with Crippen molar-refractivity contribution in [2.24, 2.45) is 5.84 Å². The van der Waals surface area contributed by atoms with E-state index in [0.717, 1.165) is 12.1 Å². The number of amides is 1. The molecule has 0 saturated carbocycles. The third-order valence-electron chi connectivity index (χ3n) is 3.42. The van der Waals surface area contributed by atoms with Gasteiger partial charge in [0.25, 0.3) is 0 Å². The Balaban J connectivity index is 2.06. The summed E-state index contributed by atoms with van der Waals surface area (Å²) in [7, 11) is -2.91. The van der Waals surface area contributed by atoms with Crippen LogP contribution in [0.5, 0.6) is 0 Å². The van der Waals surface area contributed by atoms with Crippen LogP contribution in [-0.2, 0) is 16.4 Å². The van der Waals surface area contributed by atoms with Gasteiger partial charge in [-0.2, -0.15) is 0 Å². The first-order chi connectivity index (χ1) is 9.41. The molecule has 1 aromatic rings. The number of carbonyl (C=O) groups excluding carboxylic acids is 1. The molecule has 0 unspecified atom stereocenters. The quantitative estimate of drug-likeness (QED) is 0.455. The first-order valence-corrected chi connectivity index (χ1v) is 8.26. The molecule has 0 aliphatic carbocycles. The summed E-state index contributed by atoms with van der Waals surface area (Å²) in [5.74, 6) is 5.83. The fraction of sp³-hybridized carbons (Fsp3) is 0.583. The topological polar surface area (TPSA) is 106 Å². The lowest BCUT2D eigenvalue weighted by atomic mass is 10.2. The first-order valence-electron chi connectivity index (χ1n) is 6.44.